The van der Waals surface area contributed by atoms with Gasteiger partial charge in [0.1, 0.15) is 0 Å². The van der Waals surface area contributed by atoms with Gasteiger partial charge in [-0.15, -0.1) is 0 Å². The molecule has 27 heavy (non-hydrogen) atoms. The molecule has 0 spiro atoms. The Kier molecular flexibility index (Phi) is 4.28. The van der Waals surface area contributed by atoms with E-state index in [2.05, 4.69) is 5.32 Å². The number of benzene rings is 2. The minimum absolute atomic E-state index is 0.000686. The third kappa shape index (κ3) is 3.24. The summed E-state index contributed by atoms with van der Waals surface area (Å²) in [6.45, 7) is 2.64. The number of anilines is 2. The van der Waals surface area contributed by atoms with Crippen LogP contribution in [0.1, 0.15) is 11.1 Å². The van der Waals surface area contributed by atoms with E-state index in [-0.39, 0.29) is 18.0 Å². The quantitative estimate of drug-likeness (QED) is 0.780. The van der Waals surface area contributed by atoms with Crippen molar-refractivity contribution < 1.29 is 4.79 Å². The van der Waals surface area contributed by atoms with E-state index >= 15 is 0 Å². The summed E-state index contributed by atoms with van der Waals surface area (Å²) < 4.78 is 1.59. The van der Waals surface area contributed by atoms with Gasteiger partial charge in [-0.1, -0.05) is 36.4 Å². The average Bonchev–Trinajstić information content (AvgIpc) is 2.68. The highest BCUT2D eigenvalue weighted by molar-refractivity contribution is 6.03. The van der Waals surface area contributed by atoms with Crippen LogP contribution in [0.3, 0.4) is 0 Å². The lowest BCUT2D eigenvalue weighted by molar-refractivity contribution is -0.117. The molecule has 5 nitrogen and oxygen atoms in total. The highest BCUT2D eigenvalue weighted by atomic mass is 16.2. The summed E-state index contributed by atoms with van der Waals surface area (Å²) in [4.78, 5) is 26.4. The minimum Gasteiger partial charge on any atom is -0.374 e. The van der Waals surface area contributed by atoms with Gasteiger partial charge in [0.05, 0.1) is 24.5 Å². The molecule has 0 unspecified atom stereocenters. The topological polar surface area (TPSA) is 54.3 Å². The molecule has 0 bridgehead atoms. The number of nitrogens with one attached hydrogen (secondary N) is 1. The molecule has 0 saturated heterocycles. The fourth-order valence-corrected chi connectivity index (χ4v) is 3.46. The molecule has 0 radical (unpaired) electrons. The Morgan fingerprint density at radius 3 is 2.52 bits per heavy atom. The molecule has 0 atom stereocenters. The molecule has 5 heteroatoms. The van der Waals surface area contributed by atoms with E-state index < -0.39 is 0 Å². The maximum atomic E-state index is 12.6. The Balaban J connectivity index is 1.77. The van der Waals surface area contributed by atoms with E-state index in [1.165, 1.54) is 0 Å². The maximum absolute atomic E-state index is 12.6. The van der Waals surface area contributed by atoms with Crippen molar-refractivity contribution in [2.45, 2.75) is 13.5 Å². The van der Waals surface area contributed by atoms with E-state index in [1.807, 2.05) is 72.6 Å². The lowest BCUT2D eigenvalue weighted by atomic mass is 10.0. The van der Waals surface area contributed by atoms with Gasteiger partial charge in [-0.05, 0) is 41.8 Å². The molecule has 0 aliphatic carbocycles. The van der Waals surface area contributed by atoms with Crippen molar-refractivity contribution in [3.63, 3.8) is 0 Å². The van der Waals surface area contributed by atoms with Crippen LogP contribution in [0, 0.1) is 6.92 Å². The predicted octanol–water partition coefficient (Wildman–Crippen LogP) is 3.32. The van der Waals surface area contributed by atoms with Crippen molar-refractivity contribution in [3.05, 3.63) is 82.3 Å². The summed E-state index contributed by atoms with van der Waals surface area (Å²) in [6.07, 6.45) is 1.83. The first-order valence-corrected chi connectivity index (χ1v) is 8.93. The summed E-state index contributed by atoms with van der Waals surface area (Å²) in [6, 6.07) is 17.9. The predicted molar refractivity (Wildman–Crippen MR) is 108 cm³/mol. The lowest BCUT2D eigenvalue weighted by Gasteiger charge is -2.31. The Hall–Kier alpha value is -3.34. The van der Waals surface area contributed by atoms with Gasteiger partial charge in [0.2, 0.25) is 5.91 Å². The number of carbonyl (C=O) groups is 1. The van der Waals surface area contributed by atoms with Crippen molar-refractivity contribution in [1.82, 2.24) is 4.57 Å². The molecule has 0 fully saturated rings. The second kappa shape index (κ2) is 6.76. The van der Waals surface area contributed by atoms with Crippen molar-refractivity contribution in [3.8, 4) is 11.1 Å². The van der Waals surface area contributed by atoms with Crippen molar-refractivity contribution in [2.75, 3.05) is 16.8 Å². The van der Waals surface area contributed by atoms with Crippen LogP contribution >= 0.6 is 0 Å². The van der Waals surface area contributed by atoms with Crippen LogP contribution < -0.4 is 15.8 Å². The SMILES string of the molecule is Cc1cc(-c2ccc3c(c2)N(Cc2ccccc2)C(=O)CN3)cn(C)c1=O. The number of fused-ring (bicyclic) bond motifs is 1. The van der Waals surface area contributed by atoms with Crippen LogP contribution in [0.15, 0.2) is 65.6 Å². The molecule has 1 aliphatic rings. The number of nitrogens with zero attached hydrogens (tertiary/aromatic N) is 2. The number of rotatable bonds is 3. The molecule has 1 amide bonds. The summed E-state index contributed by atoms with van der Waals surface area (Å²) >= 11 is 0. The zero-order valence-corrected chi connectivity index (χ0v) is 15.4. The molecule has 136 valence electrons. The Labute approximate surface area is 157 Å². The van der Waals surface area contributed by atoms with Gasteiger partial charge in [0.25, 0.3) is 5.56 Å². The van der Waals surface area contributed by atoms with E-state index in [1.54, 1.807) is 11.6 Å². The number of aromatic nitrogens is 1. The van der Waals surface area contributed by atoms with E-state index in [0.29, 0.717) is 12.1 Å². The first kappa shape index (κ1) is 17.1. The summed E-state index contributed by atoms with van der Waals surface area (Å²) in [5.74, 6) is 0.0418. The van der Waals surface area contributed by atoms with Crippen LogP contribution in [0.4, 0.5) is 11.4 Å². The maximum Gasteiger partial charge on any atom is 0.253 e. The van der Waals surface area contributed by atoms with Crippen molar-refractivity contribution in [2.24, 2.45) is 7.05 Å². The molecule has 4 rings (SSSR count). The van der Waals surface area contributed by atoms with E-state index in [9.17, 15) is 9.59 Å². The first-order valence-electron chi connectivity index (χ1n) is 8.93. The van der Waals surface area contributed by atoms with Gasteiger partial charge in [0, 0.05) is 18.8 Å². The number of amides is 1. The standard InChI is InChI=1S/C22H21N3O2/c1-15-10-18(14-24(2)22(15)27)17-8-9-19-20(11-17)25(21(26)12-23-19)13-16-6-4-3-5-7-16/h3-11,14,23H,12-13H2,1-2H3. The van der Waals surface area contributed by atoms with Gasteiger partial charge >= 0.3 is 0 Å². The second-order valence-electron chi connectivity index (χ2n) is 6.88. The molecule has 1 aromatic heterocycles. The number of aryl methyl sites for hydroxylation is 2. The van der Waals surface area contributed by atoms with Gasteiger partial charge in [0.15, 0.2) is 0 Å². The summed E-state index contributed by atoms with van der Waals surface area (Å²) in [5, 5.41) is 3.19. The zero-order valence-electron chi connectivity index (χ0n) is 15.4. The van der Waals surface area contributed by atoms with Crippen LogP contribution in [-0.2, 0) is 18.4 Å². The normalized spacial score (nSPS) is 13.3. The fraction of sp³-hybridized carbons (Fsp3) is 0.182. The third-order valence-electron chi connectivity index (χ3n) is 4.90. The van der Waals surface area contributed by atoms with Crippen LogP contribution in [0.5, 0.6) is 0 Å². The van der Waals surface area contributed by atoms with Crippen LogP contribution in [0.2, 0.25) is 0 Å². The minimum atomic E-state index is -0.000686. The van der Waals surface area contributed by atoms with Crippen LogP contribution in [-0.4, -0.2) is 17.0 Å². The van der Waals surface area contributed by atoms with Crippen molar-refractivity contribution in [1.29, 1.82) is 0 Å². The zero-order chi connectivity index (χ0) is 19.0. The largest absolute Gasteiger partial charge is 0.374 e. The molecular formula is C22H21N3O2. The van der Waals surface area contributed by atoms with Gasteiger partial charge < -0.3 is 14.8 Å². The Morgan fingerprint density at radius 2 is 1.78 bits per heavy atom. The van der Waals surface area contributed by atoms with Gasteiger partial charge in [-0.25, -0.2) is 0 Å². The molecule has 2 heterocycles. The molecule has 3 aromatic rings. The summed E-state index contributed by atoms with van der Waals surface area (Å²) in [5.41, 5.74) is 5.51. The van der Waals surface area contributed by atoms with Gasteiger partial charge in [-0.3, -0.25) is 9.59 Å². The lowest BCUT2D eigenvalue weighted by Crippen LogP contribution is -2.39. The average molecular weight is 359 g/mol. The third-order valence-corrected chi connectivity index (χ3v) is 4.90. The number of hydrogen-bond donors (Lipinski definition) is 1. The molecule has 0 saturated carbocycles. The van der Waals surface area contributed by atoms with E-state index in [0.717, 1.165) is 28.1 Å². The highest BCUT2D eigenvalue weighted by Gasteiger charge is 2.24. The molecule has 1 N–H and O–H groups in total. The number of hydrogen-bond acceptors (Lipinski definition) is 3. The van der Waals surface area contributed by atoms with Crippen LogP contribution in [0.25, 0.3) is 11.1 Å². The molecule has 2 aromatic carbocycles. The number of carbonyl (C=O) groups excluding carboxylic acids is 1. The first-order chi connectivity index (χ1) is 13.0. The van der Waals surface area contributed by atoms with Crippen molar-refractivity contribution >= 4 is 17.3 Å². The number of pyridine rings is 1. The summed E-state index contributed by atoms with van der Waals surface area (Å²) in [7, 11) is 1.75. The Bertz CT molecular complexity index is 1040. The smallest absolute Gasteiger partial charge is 0.253 e. The molecular weight excluding hydrogens is 338 g/mol. The molecule has 1 aliphatic heterocycles. The van der Waals surface area contributed by atoms with E-state index in [4.69, 9.17) is 0 Å². The van der Waals surface area contributed by atoms with Gasteiger partial charge in [-0.2, -0.15) is 0 Å². The fourth-order valence-electron chi connectivity index (χ4n) is 3.46. The monoisotopic (exact) mass is 359 g/mol. The Morgan fingerprint density at radius 1 is 1.00 bits per heavy atom. The highest BCUT2D eigenvalue weighted by Crippen LogP contribution is 2.35. The second-order valence-corrected chi connectivity index (χ2v) is 6.88.